The maximum Gasteiger partial charge on any atom is 0.303 e. The van der Waals surface area contributed by atoms with Crippen LogP contribution in [0.4, 0.5) is 0 Å². The number of ether oxygens (including phenoxy) is 4. The Hall–Kier alpha value is -2.12. The van der Waals surface area contributed by atoms with Gasteiger partial charge in [-0.2, -0.15) is 0 Å². The van der Waals surface area contributed by atoms with Crippen LogP contribution in [0.3, 0.4) is 0 Å². The van der Waals surface area contributed by atoms with Gasteiger partial charge in [0.05, 0.1) is 6.61 Å². The van der Waals surface area contributed by atoms with Crippen LogP contribution in [0.25, 0.3) is 0 Å². The Morgan fingerprint density at radius 3 is 1.50 bits per heavy atom. The largest absolute Gasteiger partial charge is 0.466 e. The summed E-state index contributed by atoms with van der Waals surface area (Å²) in [6.45, 7) is 7.67. The van der Waals surface area contributed by atoms with Crippen LogP contribution in [0.5, 0.6) is 0 Å². The highest BCUT2D eigenvalue weighted by Crippen LogP contribution is 2.02. The third kappa shape index (κ3) is 24.1. The Morgan fingerprint density at radius 1 is 0.654 bits per heavy atom. The van der Waals surface area contributed by atoms with E-state index in [4.69, 9.17) is 9.47 Å². The summed E-state index contributed by atoms with van der Waals surface area (Å²) in [4.78, 5) is 42.0. The molecule has 8 nitrogen and oxygen atoms in total. The molecular weight excluding hydrogens is 344 g/mol. The van der Waals surface area contributed by atoms with Crippen LogP contribution < -0.4 is 0 Å². The van der Waals surface area contributed by atoms with E-state index in [1.807, 2.05) is 0 Å². The lowest BCUT2D eigenvalue weighted by Crippen LogP contribution is -2.29. The second-order valence-electron chi connectivity index (χ2n) is 5.59. The molecule has 0 heterocycles. The Balaban J connectivity index is 0. The van der Waals surface area contributed by atoms with E-state index in [-0.39, 0.29) is 19.2 Å². The molecule has 0 radical (unpaired) electrons. The average Bonchev–Trinajstić information content (AvgIpc) is 2.53. The highest BCUT2D eigenvalue weighted by Gasteiger charge is 2.15. The molecule has 8 heteroatoms. The maximum atomic E-state index is 10.6. The van der Waals surface area contributed by atoms with Crippen LogP contribution in [0.1, 0.15) is 66.7 Å². The Bertz CT molecular complexity index is 401. The molecule has 0 aromatic heterocycles. The second-order valence-corrected chi connectivity index (χ2v) is 5.59. The molecule has 0 rings (SSSR count). The molecule has 0 aromatic carbocycles. The van der Waals surface area contributed by atoms with E-state index >= 15 is 0 Å². The first kappa shape index (κ1) is 26.1. The predicted octanol–water partition coefficient (Wildman–Crippen LogP) is 2.56. The van der Waals surface area contributed by atoms with Gasteiger partial charge in [-0.25, -0.2) is 0 Å². The molecule has 0 saturated heterocycles. The summed E-state index contributed by atoms with van der Waals surface area (Å²) in [6, 6.07) is 0. The summed E-state index contributed by atoms with van der Waals surface area (Å²) < 4.78 is 18.8. The number of unbranched alkanes of at least 4 members (excludes halogenated alkanes) is 4. The van der Waals surface area contributed by atoms with Crippen molar-refractivity contribution in [1.29, 1.82) is 0 Å². The van der Waals surface area contributed by atoms with Crippen molar-refractivity contribution in [3.8, 4) is 0 Å². The zero-order valence-corrected chi connectivity index (χ0v) is 16.5. The molecule has 0 unspecified atom stereocenters. The van der Waals surface area contributed by atoms with Gasteiger partial charge in [-0.3, -0.25) is 19.2 Å². The van der Waals surface area contributed by atoms with Crippen molar-refractivity contribution in [2.24, 2.45) is 0 Å². The molecule has 0 spiro atoms. The normalized spacial score (nSPS) is 9.62. The van der Waals surface area contributed by atoms with Gasteiger partial charge < -0.3 is 18.9 Å². The zero-order chi connectivity index (χ0) is 20.4. The Kier molecular flexibility index (Phi) is 17.8. The van der Waals surface area contributed by atoms with Gasteiger partial charge in [-0.1, -0.05) is 32.6 Å². The number of esters is 4. The molecule has 0 saturated carbocycles. The van der Waals surface area contributed by atoms with Crippen LogP contribution >= 0.6 is 0 Å². The van der Waals surface area contributed by atoms with Gasteiger partial charge in [0, 0.05) is 27.7 Å². The molecule has 0 aliphatic carbocycles. The summed E-state index contributed by atoms with van der Waals surface area (Å²) in [6.07, 6.45) is 5.25. The van der Waals surface area contributed by atoms with Crippen molar-refractivity contribution in [2.75, 3.05) is 19.8 Å². The molecule has 26 heavy (non-hydrogen) atoms. The number of rotatable bonds is 11. The molecule has 0 aliphatic rings. The zero-order valence-electron chi connectivity index (χ0n) is 16.5. The van der Waals surface area contributed by atoms with E-state index < -0.39 is 24.0 Å². The van der Waals surface area contributed by atoms with Crippen LogP contribution in [-0.4, -0.2) is 49.8 Å². The van der Waals surface area contributed by atoms with Crippen LogP contribution in [-0.2, 0) is 38.1 Å². The quantitative estimate of drug-likeness (QED) is 0.308. The van der Waals surface area contributed by atoms with Crippen molar-refractivity contribution in [3.05, 3.63) is 0 Å². The first-order valence-electron chi connectivity index (χ1n) is 8.76. The summed E-state index contributed by atoms with van der Waals surface area (Å²) in [5.74, 6) is -1.68. The Morgan fingerprint density at radius 2 is 1.12 bits per heavy atom. The molecule has 0 amide bonds. The minimum atomic E-state index is -0.754. The lowest BCUT2D eigenvalue weighted by atomic mass is 10.2. The molecule has 0 N–H and O–H groups in total. The number of hydrogen-bond donors (Lipinski definition) is 0. The van der Waals surface area contributed by atoms with Crippen molar-refractivity contribution >= 4 is 23.9 Å². The molecule has 0 aromatic rings. The predicted molar refractivity (Wildman–Crippen MR) is 94.2 cm³/mol. The first-order valence-corrected chi connectivity index (χ1v) is 8.76. The SMILES string of the molecule is CC(=O)OCC(COC(C)=O)OC(C)=O.CCCCCCCOC(C)=O. The van der Waals surface area contributed by atoms with Gasteiger partial charge in [0.25, 0.3) is 0 Å². The third-order valence-corrected chi connectivity index (χ3v) is 2.83. The van der Waals surface area contributed by atoms with Crippen molar-refractivity contribution in [2.45, 2.75) is 72.8 Å². The van der Waals surface area contributed by atoms with E-state index in [0.717, 1.165) is 6.42 Å². The summed E-state index contributed by atoms with van der Waals surface area (Å²) >= 11 is 0. The van der Waals surface area contributed by atoms with Crippen LogP contribution in [0.2, 0.25) is 0 Å². The van der Waals surface area contributed by atoms with Gasteiger partial charge >= 0.3 is 23.9 Å². The van der Waals surface area contributed by atoms with E-state index in [1.54, 1.807) is 0 Å². The van der Waals surface area contributed by atoms with E-state index in [0.29, 0.717) is 6.61 Å². The summed E-state index contributed by atoms with van der Waals surface area (Å²) in [5.41, 5.74) is 0. The van der Waals surface area contributed by atoms with Crippen molar-refractivity contribution < 1.29 is 38.1 Å². The fraction of sp³-hybridized carbons (Fsp3) is 0.778. The monoisotopic (exact) mass is 376 g/mol. The van der Waals surface area contributed by atoms with Crippen LogP contribution in [0, 0.1) is 0 Å². The Labute approximate surface area is 155 Å². The second kappa shape index (κ2) is 17.7. The highest BCUT2D eigenvalue weighted by molar-refractivity contribution is 5.67. The summed E-state index contributed by atoms with van der Waals surface area (Å²) in [5, 5.41) is 0. The van der Waals surface area contributed by atoms with Gasteiger partial charge in [0.15, 0.2) is 6.10 Å². The maximum absolute atomic E-state index is 10.6. The standard InChI is InChI=1S/C9H14O6.C9H18O2/c1-6(10)13-4-9(15-8(3)12)5-14-7(2)11;1-3-4-5-6-7-8-11-9(2)10/h9H,4-5H2,1-3H3;3-8H2,1-2H3. The topological polar surface area (TPSA) is 105 Å². The van der Waals surface area contributed by atoms with Gasteiger partial charge in [0.1, 0.15) is 13.2 Å². The first-order chi connectivity index (χ1) is 12.2. The van der Waals surface area contributed by atoms with Gasteiger partial charge in [-0.05, 0) is 6.42 Å². The molecule has 0 aliphatic heterocycles. The molecule has 0 fully saturated rings. The number of carbonyl (C=O) groups excluding carboxylic acids is 4. The minimum Gasteiger partial charge on any atom is -0.466 e. The lowest BCUT2D eigenvalue weighted by molar-refractivity contribution is -0.163. The minimum absolute atomic E-state index is 0.123. The molecule has 152 valence electrons. The van der Waals surface area contributed by atoms with Crippen molar-refractivity contribution in [3.63, 3.8) is 0 Å². The third-order valence-electron chi connectivity index (χ3n) is 2.83. The molecular formula is C18H32O8. The number of hydrogen-bond acceptors (Lipinski definition) is 8. The average molecular weight is 376 g/mol. The fourth-order valence-electron chi connectivity index (χ4n) is 1.69. The summed E-state index contributed by atoms with van der Waals surface area (Å²) in [7, 11) is 0. The van der Waals surface area contributed by atoms with Gasteiger partial charge in [0.2, 0.25) is 0 Å². The van der Waals surface area contributed by atoms with E-state index in [9.17, 15) is 19.2 Å². The van der Waals surface area contributed by atoms with Crippen molar-refractivity contribution in [1.82, 2.24) is 0 Å². The van der Waals surface area contributed by atoms with E-state index in [1.165, 1.54) is 53.4 Å². The molecule has 0 bridgehead atoms. The number of carbonyl (C=O) groups is 4. The van der Waals surface area contributed by atoms with Crippen LogP contribution in [0.15, 0.2) is 0 Å². The molecule has 0 atom stereocenters. The lowest BCUT2D eigenvalue weighted by Gasteiger charge is -2.15. The van der Waals surface area contributed by atoms with E-state index in [2.05, 4.69) is 16.4 Å². The smallest absolute Gasteiger partial charge is 0.303 e. The highest BCUT2D eigenvalue weighted by atomic mass is 16.6. The fourth-order valence-corrected chi connectivity index (χ4v) is 1.69. The van der Waals surface area contributed by atoms with Gasteiger partial charge in [-0.15, -0.1) is 0 Å².